The minimum absolute atomic E-state index is 0.0295. The monoisotopic (exact) mass is 298 g/mol. The second kappa shape index (κ2) is 5.79. The first-order chi connectivity index (χ1) is 10.6. The minimum Gasteiger partial charge on any atom is -0.497 e. The molecule has 0 fully saturated rings. The van der Waals surface area contributed by atoms with Gasteiger partial charge in [0.2, 0.25) is 0 Å². The highest BCUT2D eigenvalue weighted by Crippen LogP contribution is 2.35. The molecular formula is C18H18O4. The van der Waals surface area contributed by atoms with Crippen molar-refractivity contribution < 1.29 is 19.1 Å². The number of rotatable bonds is 4. The number of ether oxygens (including phenoxy) is 2. The third-order valence-electron chi connectivity index (χ3n) is 4.12. The molecule has 1 aliphatic rings. The predicted octanol–water partition coefficient (Wildman–Crippen LogP) is 3.16. The lowest BCUT2D eigenvalue weighted by molar-refractivity contribution is -0.143. The van der Waals surface area contributed by atoms with Crippen LogP contribution in [-0.2, 0) is 16.0 Å². The normalized spacial score (nSPS) is 16.6. The van der Waals surface area contributed by atoms with Crippen molar-refractivity contribution in [3.8, 4) is 5.75 Å². The van der Waals surface area contributed by atoms with Crippen LogP contribution in [0.4, 0.5) is 0 Å². The Balaban J connectivity index is 1.98. The van der Waals surface area contributed by atoms with Crippen LogP contribution in [0.2, 0.25) is 0 Å². The molecule has 22 heavy (non-hydrogen) atoms. The van der Waals surface area contributed by atoms with E-state index in [2.05, 4.69) is 0 Å². The number of ketones is 1. The van der Waals surface area contributed by atoms with Crippen LogP contribution in [0.1, 0.15) is 29.3 Å². The summed E-state index contributed by atoms with van der Waals surface area (Å²) in [4.78, 5) is 24.4. The molecule has 0 bridgehead atoms. The summed E-state index contributed by atoms with van der Waals surface area (Å²) in [6.07, 6.45) is 0.743. The zero-order valence-electron chi connectivity index (χ0n) is 12.7. The molecule has 0 saturated carbocycles. The molecular weight excluding hydrogens is 280 g/mol. The molecule has 0 amide bonds. The van der Waals surface area contributed by atoms with E-state index in [0.717, 1.165) is 27.6 Å². The van der Waals surface area contributed by atoms with E-state index in [1.54, 1.807) is 14.0 Å². The van der Waals surface area contributed by atoms with E-state index in [0.29, 0.717) is 13.0 Å². The Morgan fingerprint density at radius 2 is 2.05 bits per heavy atom. The number of fused-ring (bicyclic) bond motifs is 3. The summed E-state index contributed by atoms with van der Waals surface area (Å²) in [6, 6.07) is 9.70. The first kappa shape index (κ1) is 14.6. The van der Waals surface area contributed by atoms with Gasteiger partial charge in [0.25, 0.3) is 0 Å². The highest BCUT2D eigenvalue weighted by molar-refractivity contribution is 6.13. The highest BCUT2D eigenvalue weighted by atomic mass is 16.5. The van der Waals surface area contributed by atoms with Gasteiger partial charge < -0.3 is 9.47 Å². The van der Waals surface area contributed by atoms with E-state index in [9.17, 15) is 9.59 Å². The lowest BCUT2D eigenvalue weighted by Gasteiger charge is -2.08. The third kappa shape index (κ3) is 2.45. The van der Waals surface area contributed by atoms with Crippen LogP contribution in [-0.4, -0.2) is 25.5 Å². The standard InChI is InChI=1S/C18H18O4/c1-3-22-16(19)9-13-8-12-5-4-11-6-7-14(21-2)10-15(11)17(12)18(13)20/h4-7,10,13H,3,8-9H2,1-2H3/t13-/m0/s1. The number of hydrogen-bond donors (Lipinski definition) is 0. The maximum absolute atomic E-state index is 12.7. The van der Waals surface area contributed by atoms with Gasteiger partial charge in [-0.15, -0.1) is 0 Å². The van der Waals surface area contributed by atoms with Crippen LogP contribution in [0.15, 0.2) is 30.3 Å². The molecule has 4 nitrogen and oxygen atoms in total. The largest absolute Gasteiger partial charge is 0.497 e. The van der Waals surface area contributed by atoms with Crippen LogP contribution in [0, 0.1) is 5.92 Å². The topological polar surface area (TPSA) is 52.6 Å². The molecule has 0 radical (unpaired) electrons. The van der Waals surface area contributed by atoms with Crippen molar-refractivity contribution in [1.29, 1.82) is 0 Å². The zero-order chi connectivity index (χ0) is 15.7. The van der Waals surface area contributed by atoms with Gasteiger partial charge in [-0.25, -0.2) is 0 Å². The van der Waals surface area contributed by atoms with Gasteiger partial charge in [-0.3, -0.25) is 9.59 Å². The molecule has 1 atom stereocenters. The molecule has 0 aromatic heterocycles. The van der Waals surface area contributed by atoms with E-state index in [4.69, 9.17) is 9.47 Å². The van der Waals surface area contributed by atoms with E-state index in [1.807, 2.05) is 30.3 Å². The molecule has 3 rings (SSSR count). The Bertz CT molecular complexity index is 748. The molecule has 0 N–H and O–H groups in total. The SMILES string of the molecule is CCOC(=O)C[C@@H]1Cc2ccc3ccc(OC)cc3c2C1=O. The van der Waals surface area contributed by atoms with Crippen LogP contribution in [0.3, 0.4) is 0 Å². The lowest BCUT2D eigenvalue weighted by atomic mass is 9.98. The summed E-state index contributed by atoms with van der Waals surface area (Å²) >= 11 is 0. The van der Waals surface area contributed by atoms with Gasteiger partial charge in [0.15, 0.2) is 5.78 Å². The molecule has 1 aliphatic carbocycles. The second-order valence-electron chi connectivity index (χ2n) is 5.46. The third-order valence-corrected chi connectivity index (χ3v) is 4.12. The summed E-state index contributed by atoms with van der Waals surface area (Å²) in [5.74, 6) is 0.130. The first-order valence-electron chi connectivity index (χ1n) is 7.43. The minimum atomic E-state index is -0.314. The number of benzene rings is 2. The van der Waals surface area contributed by atoms with Gasteiger partial charge in [-0.1, -0.05) is 18.2 Å². The van der Waals surface area contributed by atoms with Crippen molar-refractivity contribution in [3.63, 3.8) is 0 Å². The summed E-state index contributed by atoms with van der Waals surface area (Å²) in [5.41, 5.74) is 1.73. The molecule has 0 unspecified atom stereocenters. The summed E-state index contributed by atoms with van der Waals surface area (Å²) in [7, 11) is 1.61. The van der Waals surface area contributed by atoms with Crippen LogP contribution in [0.5, 0.6) is 5.75 Å². The Morgan fingerprint density at radius 1 is 1.27 bits per heavy atom. The smallest absolute Gasteiger partial charge is 0.306 e. The van der Waals surface area contributed by atoms with Gasteiger partial charge in [-0.2, -0.15) is 0 Å². The number of esters is 1. The lowest BCUT2D eigenvalue weighted by Crippen LogP contribution is -2.16. The van der Waals surface area contributed by atoms with Crippen LogP contribution >= 0.6 is 0 Å². The maximum Gasteiger partial charge on any atom is 0.306 e. The second-order valence-corrected chi connectivity index (χ2v) is 5.46. The zero-order valence-corrected chi connectivity index (χ0v) is 12.7. The molecule has 114 valence electrons. The Labute approximate surface area is 129 Å². The Kier molecular flexibility index (Phi) is 3.84. The molecule has 4 heteroatoms. The average Bonchev–Trinajstić information content (AvgIpc) is 2.83. The first-order valence-corrected chi connectivity index (χ1v) is 7.43. The number of methoxy groups -OCH3 is 1. The molecule has 2 aromatic rings. The van der Waals surface area contributed by atoms with Crippen molar-refractivity contribution in [3.05, 3.63) is 41.5 Å². The van der Waals surface area contributed by atoms with Crippen molar-refractivity contribution in [2.75, 3.05) is 13.7 Å². The summed E-state index contributed by atoms with van der Waals surface area (Å²) in [5, 5.41) is 1.90. The van der Waals surface area contributed by atoms with Crippen molar-refractivity contribution in [1.82, 2.24) is 0 Å². The number of hydrogen-bond acceptors (Lipinski definition) is 4. The van der Waals surface area contributed by atoms with Crippen molar-refractivity contribution in [2.45, 2.75) is 19.8 Å². The summed E-state index contributed by atoms with van der Waals surface area (Å²) < 4.78 is 10.2. The summed E-state index contributed by atoms with van der Waals surface area (Å²) in [6.45, 7) is 2.11. The quantitative estimate of drug-likeness (QED) is 0.814. The highest BCUT2D eigenvalue weighted by Gasteiger charge is 2.33. The number of carbonyl (C=O) groups is 2. The van der Waals surface area contributed by atoms with Crippen LogP contribution in [0.25, 0.3) is 10.8 Å². The maximum atomic E-state index is 12.7. The number of carbonyl (C=O) groups excluding carboxylic acids is 2. The van der Waals surface area contributed by atoms with Crippen molar-refractivity contribution >= 4 is 22.5 Å². The van der Waals surface area contributed by atoms with E-state index in [-0.39, 0.29) is 24.1 Å². The fraction of sp³-hybridized carbons (Fsp3) is 0.333. The molecule has 2 aromatic carbocycles. The Hall–Kier alpha value is -2.36. The van der Waals surface area contributed by atoms with Crippen LogP contribution < -0.4 is 4.74 Å². The van der Waals surface area contributed by atoms with E-state index in [1.165, 1.54) is 0 Å². The molecule has 0 heterocycles. The van der Waals surface area contributed by atoms with Gasteiger partial charge in [-0.05, 0) is 41.8 Å². The average molecular weight is 298 g/mol. The number of Topliss-reactive ketones (excluding diaryl/α,β-unsaturated/α-hetero) is 1. The fourth-order valence-corrected chi connectivity index (χ4v) is 3.08. The van der Waals surface area contributed by atoms with Gasteiger partial charge in [0.05, 0.1) is 20.1 Å². The Morgan fingerprint density at radius 3 is 2.77 bits per heavy atom. The van der Waals surface area contributed by atoms with E-state index < -0.39 is 0 Å². The fourth-order valence-electron chi connectivity index (χ4n) is 3.08. The molecule has 0 saturated heterocycles. The van der Waals surface area contributed by atoms with Crippen molar-refractivity contribution in [2.24, 2.45) is 5.92 Å². The van der Waals surface area contributed by atoms with Gasteiger partial charge >= 0.3 is 5.97 Å². The predicted molar refractivity (Wildman–Crippen MR) is 83.3 cm³/mol. The van der Waals surface area contributed by atoms with E-state index >= 15 is 0 Å². The molecule has 0 spiro atoms. The van der Waals surface area contributed by atoms with Gasteiger partial charge in [0, 0.05) is 11.5 Å². The molecule has 0 aliphatic heterocycles. The van der Waals surface area contributed by atoms with Gasteiger partial charge in [0.1, 0.15) is 5.75 Å².